The van der Waals surface area contributed by atoms with Crippen molar-refractivity contribution in [2.24, 2.45) is 0 Å². The molecule has 0 fully saturated rings. The van der Waals surface area contributed by atoms with E-state index in [1.165, 1.54) is 0 Å². The molecule has 0 aromatic heterocycles. The van der Waals surface area contributed by atoms with E-state index in [1.807, 2.05) is 24.3 Å². The first kappa shape index (κ1) is 15.2. The van der Waals surface area contributed by atoms with Crippen LogP contribution in [0.3, 0.4) is 0 Å². The normalized spacial score (nSPS) is 10.4. The Morgan fingerprint density at radius 1 is 1.33 bits per heavy atom. The van der Waals surface area contributed by atoms with E-state index in [4.69, 9.17) is 0 Å². The monoisotopic (exact) mass is 361 g/mol. The van der Waals surface area contributed by atoms with Crippen molar-refractivity contribution >= 4 is 34.3 Å². The Bertz CT molecular complexity index is 380. The van der Waals surface area contributed by atoms with Crippen LogP contribution in [0.1, 0.15) is 13.8 Å². The number of hydrogen-bond acceptors (Lipinski definition) is 2. The minimum Gasteiger partial charge on any atom is -0.337 e. The Kier molecular flexibility index (Phi) is 7.04. The topological polar surface area (TPSA) is 44.4 Å². The van der Waals surface area contributed by atoms with Crippen LogP contribution in [-0.2, 0) is 0 Å². The molecular formula is C13H20IN3O. The maximum absolute atomic E-state index is 11.6. The number of nitrogens with one attached hydrogen (secondary N) is 2. The highest BCUT2D eigenvalue weighted by atomic mass is 127. The summed E-state index contributed by atoms with van der Waals surface area (Å²) >= 11 is 2.22. The van der Waals surface area contributed by atoms with E-state index in [9.17, 15) is 4.79 Å². The van der Waals surface area contributed by atoms with Crippen molar-refractivity contribution < 1.29 is 4.79 Å². The van der Waals surface area contributed by atoms with E-state index in [-0.39, 0.29) is 6.03 Å². The van der Waals surface area contributed by atoms with Gasteiger partial charge in [-0.15, -0.1) is 0 Å². The molecule has 0 aliphatic carbocycles. The van der Waals surface area contributed by atoms with Crippen molar-refractivity contribution in [3.05, 3.63) is 27.8 Å². The number of nitrogens with zero attached hydrogens (tertiary/aromatic N) is 1. The molecule has 0 bridgehead atoms. The van der Waals surface area contributed by atoms with Crippen LogP contribution >= 0.6 is 22.6 Å². The number of halogens is 1. The van der Waals surface area contributed by atoms with Gasteiger partial charge in [-0.05, 0) is 53.9 Å². The lowest BCUT2D eigenvalue weighted by Crippen LogP contribution is -2.36. The summed E-state index contributed by atoms with van der Waals surface area (Å²) in [6, 6.07) is 7.58. The van der Waals surface area contributed by atoms with E-state index >= 15 is 0 Å². The molecule has 2 amide bonds. The zero-order chi connectivity index (χ0) is 13.4. The second kappa shape index (κ2) is 8.31. The molecule has 0 saturated heterocycles. The van der Waals surface area contributed by atoms with Crippen molar-refractivity contribution in [2.75, 3.05) is 31.5 Å². The van der Waals surface area contributed by atoms with Crippen LogP contribution in [0.25, 0.3) is 0 Å². The van der Waals surface area contributed by atoms with Gasteiger partial charge in [-0.2, -0.15) is 0 Å². The molecule has 18 heavy (non-hydrogen) atoms. The standard InChI is InChI=1S/C13H20IN3O/c1-3-17(4-2)9-8-15-13(18)16-12-7-5-6-11(14)10-12/h5-7,10H,3-4,8-9H2,1-2H3,(H2,15,16,18). The number of benzene rings is 1. The molecular weight excluding hydrogens is 341 g/mol. The smallest absolute Gasteiger partial charge is 0.319 e. The molecule has 0 aliphatic rings. The SMILES string of the molecule is CCN(CC)CCNC(=O)Nc1cccc(I)c1. The Hall–Kier alpha value is -0.820. The fraction of sp³-hybridized carbons (Fsp3) is 0.462. The molecule has 1 aromatic carbocycles. The van der Waals surface area contributed by atoms with Crippen molar-refractivity contribution in [3.63, 3.8) is 0 Å². The summed E-state index contributed by atoms with van der Waals surface area (Å²) in [6.45, 7) is 7.81. The van der Waals surface area contributed by atoms with Crippen molar-refractivity contribution in [2.45, 2.75) is 13.8 Å². The highest BCUT2D eigenvalue weighted by Gasteiger charge is 2.03. The molecule has 0 saturated carbocycles. The summed E-state index contributed by atoms with van der Waals surface area (Å²) in [5.74, 6) is 0. The van der Waals surface area contributed by atoms with Crippen LogP contribution in [0.15, 0.2) is 24.3 Å². The summed E-state index contributed by atoms with van der Waals surface area (Å²) in [5, 5.41) is 5.67. The molecule has 1 aromatic rings. The molecule has 0 unspecified atom stereocenters. The molecule has 0 atom stereocenters. The highest BCUT2D eigenvalue weighted by Crippen LogP contribution is 2.11. The molecule has 100 valence electrons. The Labute approximate surface area is 122 Å². The predicted molar refractivity (Wildman–Crippen MR) is 84.0 cm³/mol. The number of rotatable bonds is 6. The quantitative estimate of drug-likeness (QED) is 0.766. The molecule has 0 heterocycles. The van der Waals surface area contributed by atoms with E-state index in [0.717, 1.165) is 28.9 Å². The number of anilines is 1. The minimum absolute atomic E-state index is 0.149. The van der Waals surface area contributed by atoms with Gasteiger partial charge in [-0.3, -0.25) is 0 Å². The molecule has 0 radical (unpaired) electrons. The molecule has 5 heteroatoms. The molecule has 4 nitrogen and oxygen atoms in total. The summed E-state index contributed by atoms with van der Waals surface area (Å²) in [6.07, 6.45) is 0. The summed E-state index contributed by atoms with van der Waals surface area (Å²) in [4.78, 5) is 13.9. The zero-order valence-corrected chi connectivity index (χ0v) is 13.0. The van der Waals surface area contributed by atoms with Crippen molar-refractivity contribution in [3.8, 4) is 0 Å². The molecule has 1 rings (SSSR count). The number of carbonyl (C=O) groups excluding carboxylic acids is 1. The summed E-state index contributed by atoms with van der Waals surface area (Å²) < 4.78 is 1.11. The predicted octanol–water partition coefficient (Wildman–Crippen LogP) is 2.75. The van der Waals surface area contributed by atoms with Gasteiger partial charge in [0.15, 0.2) is 0 Å². The lowest BCUT2D eigenvalue weighted by molar-refractivity contribution is 0.248. The number of carbonyl (C=O) groups is 1. The average Bonchev–Trinajstić information content (AvgIpc) is 2.34. The number of urea groups is 1. The Morgan fingerprint density at radius 2 is 2.06 bits per heavy atom. The van der Waals surface area contributed by atoms with Gasteiger partial charge in [0, 0.05) is 22.3 Å². The number of amides is 2. The van der Waals surface area contributed by atoms with E-state index in [2.05, 4.69) is 52.0 Å². The van der Waals surface area contributed by atoms with Gasteiger partial charge >= 0.3 is 6.03 Å². The Balaban J connectivity index is 2.29. The van der Waals surface area contributed by atoms with Gasteiger partial charge in [0.1, 0.15) is 0 Å². The lowest BCUT2D eigenvalue weighted by atomic mass is 10.3. The average molecular weight is 361 g/mol. The summed E-state index contributed by atoms with van der Waals surface area (Å²) in [7, 11) is 0. The van der Waals surface area contributed by atoms with Gasteiger partial charge in [0.25, 0.3) is 0 Å². The van der Waals surface area contributed by atoms with Crippen LogP contribution in [0.5, 0.6) is 0 Å². The first-order valence-electron chi connectivity index (χ1n) is 6.18. The van der Waals surface area contributed by atoms with E-state index in [1.54, 1.807) is 0 Å². The van der Waals surface area contributed by atoms with Gasteiger partial charge in [-0.1, -0.05) is 19.9 Å². The van der Waals surface area contributed by atoms with Crippen LogP contribution in [-0.4, -0.2) is 37.1 Å². The number of hydrogen-bond donors (Lipinski definition) is 2. The van der Waals surface area contributed by atoms with Crippen molar-refractivity contribution in [1.29, 1.82) is 0 Å². The molecule has 2 N–H and O–H groups in total. The largest absolute Gasteiger partial charge is 0.337 e. The third-order valence-corrected chi connectivity index (χ3v) is 3.36. The van der Waals surface area contributed by atoms with Gasteiger partial charge in [0.05, 0.1) is 0 Å². The minimum atomic E-state index is -0.149. The van der Waals surface area contributed by atoms with Crippen LogP contribution in [0.2, 0.25) is 0 Å². The van der Waals surface area contributed by atoms with Gasteiger partial charge < -0.3 is 15.5 Å². The highest BCUT2D eigenvalue weighted by molar-refractivity contribution is 14.1. The van der Waals surface area contributed by atoms with Crippen LogP contribution in [0, 0.1) is 3.57 Å². The molecule has 0 spiro atoms. The fourth-order valence-electron chi connectivity index (χ4n) is 1.61. The van der Waals surface area contributed by atoms with Gasteiger partial charge in [-0.25, -0.2) is 4.79 Å². The van der Waals surface area contributed by atoms with E-state index in [0.29, 0.717) is 6.54 Å². The maximum atomic E-state index is 11.6. The molecule has 0 aliphatic heterocycles. The fourth-order valence-corrected chi connectivity index (χ4v) is 2.15. The van der Waals surface area contributed by atoms with Crippen molar-refractivity contribution in [1.82, 2.24) is 10.2 Å². The third kappa shape index (κ3) is 5.68. The summed E-state index contributed by atoms with van der Waals surface area (Å²) in [5.41, 5.74) is 0.822. The van der Waals surface area contributed by atoms with Crippen LogP contribution in [0.4, 0.5) is 10.5 Å². The van der Waals surface area contributed by atoms with Crippen LogP contribution < -0.4 is 10.6 Å². The number of likely N-dealkylation sites (N-methyl/N-ethyl adjacent to an activating group) is 1. The lowest BCUT2D eigenvalue weighted by Gasteiger charge is -2.18. The third-order valence-electron chi connectivity index (χ3n) is 2.69. The maximum Gasteiger partial charge on any atom is 0.319 e. The Morgan fingerprint density at radius 3 is 2.67 bits per heavy atom. The van der Waals surface area contributed by atoms with E-state index < -0.39 is 0 Å². The second-order valence-electron chi connectivity index (χ2n) is 3.92. The second-order valence-corrected chi connectivity index (χ2v) is 5.16. The first-order chi connectivity index (χ1) is 8.65. The van der Waals surface area contributed by atoms with Gasteiger partial charge in [0.2, 0.25) is 0 Å². The first-order valence-corrected chi connectivity index (χ1v) is 7.26. The zero-order valence-electron chi connectivity index (χ0n) is 10.9.